The SMILES string of the molecule is NCC=CCOc1ccccc1[N+](=O)[O-]. The van der Waals surface area contributed by atoms with E-state index in [1.54, 1.807) is 30.4 Å². The molecule has 1 rings (SSSR count). The summed E-state index contributed by atoms with van der Waals surface area (Å²) >= 11 is 0. The molecule has 0 fully saturated rings. The molecular weight excluding hydrogens is 196 g/mol. The Morgan fingerprint density at radius 1 is 1.40 bits per heavy atom. The average Bonchev–Trinajstić information content (AvgIpc) is 2.25. The van der Waals surface area contributed by atoms with Gasteiger partial charge in [-0.15, -0.1) is 0 Å². The summed E-state index contributed by atoms with van der Waals surface area (Å²) in [7, 11) is 0. The van der Waals surface area contributed by atoms with E-state index in [2.05, 4.69) is 0 Å². The van der Waals surface area contributed by atoms with Gasteiger partial charge in [-0.2, -0.15) is 0 Å². The van der Waals surface area contributed by atoms with E-state index in [1.807, 2.05) is 0 Å². The molecule has 0 saturated heterocycles. The van der Waals surface area contributed by atoms with Crippen LogP contribution in [0.5, 0.6) is 5.75 Å². The van der Waals surface area contributed by atoms with E-state index in [-0.39, 0.29) is 18.0 Å². The number of hydrogen-bond acceptors (Lipinski definition) is 4. The zero-order valence-electron chi connectivity index (χ0n) is 8.13. The normalized spacial score (nSPS) is 10.5. The average molecular weight is 208 g/mol. The molecular formula is C10H12N2O3. The summed E-state index contributed by atoms with van der Waals surface area (Å²) in [6.07, 6.45) is 3.45. The van der Waals surface area contributed by atoms with Crippen molar-refractivity contribution in [3.05, 3.63) is 46.5 Å². The second kappa shape index (κ2) is 5.77. The molecule has 0 atom stereocenters. The molecule has 5 heteroatoms. The molecule has 0 unspecified atom stereocenters. The fourth-order valence-electron chi connectivity index (χ4n) is 1.03. The lowest BCUT2D eigenvalue weighted by molar-refractivity contribution is -0.385. The third-order valence-electron chi connectivity index (χ3n) is 1.70. The minimum absolute atomic E-state index is 0.0290. The summed E-state index contributed by atoms with van der Waals surface area (Å²) in [6.45, 7) is 0.711. The van der Waals surface area contributed by atoms with E-state index < -0.39 is 4.92 Å². The Bertz CT molecular complexity index is 363. The third kappa shape index (κ3) is 3.40. The number of nitro benzene ring substituents is 1. The number of nitrogens with two attached hydrogens (primary N) is 1. The van der Waals surface area contributed by atoms with Gasteiger partial charge in [0.25, 0.3) is 0 Å². The highest BCUT2D eigenvalue weighted by molar-refractivity contribution is 5.45. The lowest BCUT2D eigenvalue weighted by Gasteiger charge is -2.02. The van der Waals surface area contributed by atoms with Crippen molar-refractivity contribution in [1.29, 1.82) is 0 Å². The van der Waals surface area contributed by atoms with Crippen molar-refractivity contribution in [3.63, 3.8) is 0 Å². The van der Waals surface area contributed by atoms with E-state index >= 15 is 0 Å². The standard InChI is InChI=1S/C10H12N2O3/c11-7-3-4-8-15-10-6-2-1-5-9(10)12(13)14/h1-6H,7-8,11H2. The fraction of sp³-hybridized carbons (Fsp3) is 0.200. The van der Waals surface area contributed by atoms with E-state index in [9.17, 15) is 10.1 Å². The van der Waals surface area contributed by atoms with Crippen LogP contribution in [0.15, 0.2) is 36.4 Å². The van der Waals surface area contributed by atoms with Crippen molar-refractivity contribution < 1.29 is 9.66 Å². The van der Waals surface area contributed by atoms with Crippen LogP contribution in [-0.2, 0) is 0 Å². The van der Waals surface area contributed by atoms with Crippen LogP contribution in [0.25, 0.3) is 0 Å². The van der Waals surface area contributed by atoms with Crippen molar-refractivity contribution in [2.24, 2.45) is 5.73 Å². The first-order valence-electron chi connectivity index (χ1n) is 4.47. The van der Waals surface area contributed by atoms with Gasteiger partial charge in [-0.05, 0) is 6.07 Å². The number of rotatable bonds is 5. The Morgan fingerprint density at radius 2 is 2.13 bits per heavy atom. The molecule has 1 aromatic carbocycles. The van der Waals surface area contributed by atoms with E-state index in [0.29, 0.717) is 6.54 Å². The van der Waals surface area contributed by atoms with Crippen LogP contribution in [0, 0.1) is 10.1 Å². The number of nitro groups is 1. The quantitative estimate of drug-likeness (QED) is 0.451. The van der Waals surface area contributed by atoms with Crippen molar-refractivity contribution in [2.45, 2.75) is 0 Å². The van der Waals surface area contributed by atoms with Gasteiger partial charge in [-0.25, -0.2) is 0 Å². The van der Waals surface area contributed by atoms with Gasteiger partial charge in [0.15, 0.2) is 5.75 Å². The smallest absolute Gasteiger partial charge is 0.310 e. The maximum atomic E-state index is 10.6. The molecule has 0 radical (unpaired) electrons. The molecule has 2 N–H and O–H groups in total. The number of benzene rings is 1. The van der Waals surface area contributed by atoms with Crippen LogP contribution in [0.2, 0.25) is 0 Å². The van der Waals surface area contributed by atoms with Crippen LogP contribution in [0.3, 0.4) is 0 Å². The van der Waals surface area contributed by atoms with Gasteiger partial charge in [-0.3, -0.25) is 10.1 Å². The first kappa shape index (κ1) is 11.2. The summed E-state index contributed by atoms with van der Waals surface area (Å²) in [5.74, 6) is 0.268. The van der Waals surface area contributed by atoms with Crippen LogP contribution in [0.1, 0.15) is 0 Å². The topological polar surface area (TPSA) is 78.4 Å². The van der Waals surface area contributed by atoms with Crippen LogP contribution in [0.4, 0.5) is 5.69 Å². The summed E-state index contributed by atoms with van der Waals surface area (Å²) in [4.78, 5) is 10.1. The van der Waals surface area contributed by atoms with E-state index in [1.165, 1.54) is 6.07 Å². The summed E-state index contributed by atoms with van der Waals surface area (Å²) in [5, 5.41) is 10.6. The Labute approximate surface area is 87.3 Å². The minimum Gasteiger partial charge on any atom is -0.483 e. The zero-order chi connectivity index (χ0) is 11.1. The molecule has 0 heterocycles. The highest BCUT2D eigenvalue weighted by Crippen LogP contribution is 2.25. The Hall–Kier alpha value is -1.88. The Kier molecular flexibility index (Phi) is 4.30. The number of hydrogen-bond donors (Lipinski definition) is 1. The Morgan fingerprint density at radius 3 is 2.80 bits per heavy atom. The second-order valence-corrected chi connectivity index (χ2v) is 2.74. The highest BCUT2D eigenvalue weighted by atomic mass is 16.6. The second-order valence-electron chi connectivity index (χ2n) is 2.74. The van der Waals surface area contributed by atoms with Gasteiger partial charge in [-0.1, -0.05) is 24.3 Å². The molecule has 0 aromatic heterocycles. The van der Waals surface area contributed by atoms with Gasteiger partial charge in [0.05, 0.1) is 4.92 Å². The van der Waals surface area contributed by atoms with E-state index in [0.717, 1.165) is 0 Å². The van der Waals surface area contributed by atoms with Gasteiger partial charge in [0.1, 0.15) is 6.61 Å². The van der Waals surface area contributed by atoms with Gasteiger partial charge in [0, 0.05) is 12.6 Å². The molecule has 1 aromatic rings. The lowest BCUT2D eigenvalue weighted by atomic mass is 10.3. The molecule has 80 valence electrons. The molecule has 15 heavy (non-hydrogen) atoms. The monoisotopic (exact) mass is 208 g/mol. The van der Waals surface area contributed by atoms with Gasteiger partial charge in [0.2, 0.25) is 0 Å². The third-order valence-corrected chi connectivity index (χ3v) is 1.70. The molecule has 0 saturated carbocycles. The summed E-state index contributed by atoms with van der Waals surface area (Å²) in [5.41, 5.74) is 5.21. The van der Waals surface area contributed by atoms with Crippen LogP contribution >= 0.6 is 0 Å². The first-order chi connectivity index (χ1) is 7.25. The first-order valence-corrected chi connectivity index (χ1v) is 4.47. The van der Waals surface area contributed by atoms with Crippen molar-refractivity contribution in [2.75, 3.05) is 13.2 Å². The molecule has 0 bridgehead atoms. The predicted octanol–water partition coefficient (Wildman–Crippen LogP) is 1.49. The molecule has 0 aliphatic carbocycles. The number of nitrogens with zero attached hydrogens (tertiary/aromatic N) is 1. The number of ether oxygens (including phenoxy) is 1. The fourth-order valence-corrected chi connectivity index (χ4v) is 1.03. The predicted molar refractivity (Wildman–Crippen MR) is 56.8 cm³/mol. The summed E-state index contributed by atoms with van der Waals surface area (Å²) < 4.78 is 5.22. The van der Waals surface area contributed by atoms with Gasteiger partial charge >= 0.3 is 5.69 Å². The summed E-state index contributed by atoms with van der Waals surface area (Å²) in [6, 6.07) is 6.26. The van der Waals surface area contributed by atoms with Crippen LogP contribution < -0.4 is 10.5 Å². The van der Waals surface area contributed by atoms with Crippen molar-refractivity contribution in [3.8, 4) is 5.75 Å². The molecule has 0 aliphatic rings. The highest BCUT2D eigenvalue weighted by Gasteiger charge is 2.12. The maximum absolute atomic E-state index is 10.6. The maximum Gasteiger partial charge on any atom is 0.310 e. The van der Waals surface area contributed by atoms with Crippen LogP contribution in [-0.4, -0.2) is 18.1 Å². The molecule has 5 nitrogen and oxygen atoms in total. The Balaban J connectivity index is 2.67. The largest absolute Gasteiger partial charge is 0.483 e. The molecule has 0 amide bonds. The van der Waals surface area contributed by atoms with E-state index in [4.69, 9.17) is 10.5 Å². The lowest BCUT2D eigenvalue weighted by Crippen LogP contribution is -1.99. The molecule has 0 aliphatic heterocycles. The van der Waals surface area contributed by atoms with Gasteiger partial charge < -0.3 is 10.5 Å². The van der Waals surface area contributed by atoms with Crippen molar-refractivity contribution >= 4 is 5.69 Å². The van der Waals surface area contributed by atoms with Crippen molar-refractivity contribution in [1.82, 2.24) is 0 Å². The number of para-hydroxylation sites is 2. The minimum atomic E-state index is -0.470. The zero-order valence-corrected chi connectivity index (χ0v) is 8.13. The molecule has 0 spiro atoms.